The van der Waals surface area contributed by atoms with Crippen LogP contribution in [-0.2, 0) is 27.7 Å². The molecule has 0 amide bonds. The summed E-state index contributed by atoms with van der Waals surface area (Å²) in [4.78, 5) is 10.6. The summed E-state index contributed by atoms with van der Waals surface area (Å²) < 4.78 is 30.2. The molecule has 2 aliphatic heterocycles. The zero-order valence-corrected chi connectivity index (χ0v) is 7.44. The molecule has 0 spiro atoms. The second-order valence-corrected chi connectivity index (χ2v) is 4.01. The van der Waals surface area contributed by atoms with E-state index in [1.54, 1.807) is 0 Å². The third kappa shape index (κ3) is 1.97. The predicted molar refractivity (Wildman–Crippen MR) is 39.6 cm³/mol. The standard InChI is InChI=1S/C6H7O6P/c7-5-1-2-6(11-5)12-13(8)9-3-4-10-13/h1-2,6H,3-4H2. The van der Waals surface area contributed by atoms with Gasteiger partial charge in [-0.3, -0.25) is 9.05 Å². The minimum atomic E-state index is -3.47. The van der Waals surface area contributed by atoms with Crippen LogP contribution in [0, 0.1) is 0 Å². The number of hydrogen-bond acceptors (Lipinski definition) is 6. The van der Waals surface area contributed by atoms with Gasteiger partial charge in [-0.25, -0.2) is 13.9 Å². The highest BCUT2D eigenvalue weighted by atomic mass is 31.2. The van der Waals surface area contributed by atoms with Crippen molar-refractivity contribution in [2.75, 3.05) is 13.2 Å². The fourth-order valence-electron chi connectivity index (χ4n) is 0.930. The minimum absolute atomic E-state index is 0.224. The first-order valence-electron chi connectivity index (χ1n) is 3.64. The van der Waals surface area contributed by atoms with Crippen LogP contribution in [0.25, 0.3) is 0 Å². The lowest BCUT2D eigenvalue weighted by Gasteiger charge is -2.13. The molecular weight excluding hydrogens is 199 g/mol. The molecular formula is C6H7O6P. The van der Waals surface area contributed by atoms with E-state index in [4.69, 9.17) is 13.6 Å². The monoisotopic (exact) mass is 206 g/mol. The van der Waals surface area contributed by atoms with Gasteiger partial charge in [0.25, 0.3) is 0 Å². The second kappa shape index (κ2) is 3.23. The summed E-state index contributed by atoms with van der Waals surface area (Å²) in [6, 6.07) is 0. The van der Waals surface area contributed by atoms with Crippen LogP contribution < -0.4 is 0 Å². The summed E-state index contributed by atoms with van der Waals surface area (Å²) in [5.74, 6) is -0.532. The average Bonchev–Trinajstić information content (AvgIpc) is 2.62. The van der Waals surface area contributed by atoms with Gasteiger partial charge in [0.05, 0.1) is 13.2 Å². The molecule has 1 unspecified atom stereocenters. The predicted octanol–water partition coefficient (Wildman–Crippen LogP) is 0.597. The second-order valence-electron chi connectivity index (χ2n) is 2.38. The van der Waals surface area contributed by atoms with E-state index in [0.717, 1.165) is 0 Å². The van der Waals surface area contributed by atoms with E-state index in [1.807, 2.05) is 0 Å². The van der Waals surface area contributed by atoms with E-state index < -0.39 is 20.1 Å². The molecule has 0 aromatic heterocycles. The van der Waals surface area contributed by atoms with Gasteiger partial charge in [0, 0.05) is 6.08 Å². The fourth-order valence-corrected chi connectivity index (χ4v) is 2.09. The molecule has 1 fully saturated rings. The van der Waals surface area contributed by atoms with Crippen molar-refractivity contribution in [2.45, 2.75) is 6.29 Å². The van der Waals surface area contributed by atoms with Gasteiger partial charge in [0.15, 0.2) is 0 Å². The highest BCUT2D eigenvalue weighted by Gasteiger charge is 2.36. The number of esters is 1. The Hall–Kier alpha value is -0.680. The molecule has 0 N–H and O–H groups in total. The Morgan fingerprint density at radius 3 is 2.69 bits per heavy atom. The summed E-state index contributed by atoms with van der Waals surface area (Å²) in [6.07, 6.45) is 1.57. The van der Waals surface area contributed by atoms with Gasteiger partial charge in [0.1, 0.15) is 0 Å². The molecule has 7 heteroatoms. The van der Waals surface area contributed by atoms with Crippen LogP contribution in [0.4, 0.5) is 0 Å². The minimum Gasteiger partial charge on any atom is -0.428 e. The molecule has 0 radical (unpaired) electrons. The average molecular weight is 206 g/mol. The highest BCUT2D eigenvalue weighted by molar-refractivity contribution is 7.48. The lowest BCUT2D eigenvalue weighted by molar-refractivity contribution is -0.148. The van der Waals surface area contributed by atoms with Crippen LogP contribution in [0.2, 0.25) is 0 Å². The molecule has 1 saturated heterocycles. The maximum absolute atomic E-state index is 11.4. The zero-order valence-electron chi connectivity index (χ0n) is 6.54. The van der Waals surface area contributed by atoms with Crippen LogP contribution in [0.15, 0.2) is 12.2 Å². The van der Waals surface area contributed by atoms with Gasteiger partial charge in [0.2, 0.25) is 6.29 Å². The Morgan fingerprint density at radius 2 is 2.15 bits per heavy atom. The number of ether oxygens (including phenoxy) is 1. The van der Waals surface area contributed by atoms with Crippen LogP contribution >= 0.6 is 7.82 Å². The van der Waals surface area contributed by atoms with Crippen LogP contribution in [0.3, 0.4) is 0 Å². The van der Waals surface area contributed by atoms with Gasteiger partial charge < -0.3 is 4.74 Å². The summed E-state index contributed by atoms with van der Waals surface area (Å²) in [5.41, 5.74) is 0. The Bertz CT molecular complexity index is 287. The number of carbonyl (C=O) groups is 1. The van der Waals surface area contributed by atoms with Crippen molar-refractivity contribution in [1.29, 1.82) is 0 Å². The van der Waals surface area contributed by atoms with Crippen molar-refractivity contribution in [3.63, 3.8) is 0 Å². The van der Waals surface area contributed by atoms with Crippen molar-refractivity contribution in [3.8, 4) is 0 Å². The molecule has 2 rings (SSSR count). The van der Waals surface area contributed by atoms with Crippen LogP contribution in [0.1, 0.15) is 0 Å². The molecule has 1 atom stereocenters. The number of rotatable bonds is 2. The summed E-state index contributed by atoms with van der Waals surface area (Å²) in [7, 11) is -3.47. The smallest absolute Gasteiger partial charge is 0.428 e. The SMILES string of the molecule is O=C1C=CC(OP2(=O)OCCO2)O1. The first kappa shape index (κ1) is 8.90. The molecule has 0 bridgehead atoms. The number of carbonyl (C=O) groups excluding carboxylic acids is 1. The lowest BCUT2D eigenvalue weighted by Crippen LogP contribution is -2.10. The maximum atomic E-state index is 11.4. The number of hydrogen-bond donors (Lipinski definition) is 0. The number of phosphoric ester groups is 1. The van der Waals surface area contributed by atoms with Gasteiger partial charge in [-0.1, -0.05) is 0 Å². The Balaban J connectivity index is 1.94. The third-order valence-corrected chi connectivity index (χ3v) is 2.90. The van der Waals surface area contributed by atoms with E-state index in [1.165, 1.54) is 12.2 Å². The van der Waals surface area contributed by atoms with Gasteiger partial charge in [-0.05, 0) is 6.08 Å². The van der Waals surface area contributed by atoms with Gasteiger partial charge in [-0.15, -0.1) is 0 Å². The number of phosphoric acid groups is 1. The van der Waals surface area contributed by atoms with Crippen molar-refractivity contribution in [3.05, 3.63) is 12.2 Å². The van der Waals surface area contributed by atoms with E-state index in [-0.39, 0.29) is 13.2 Å². The molecule has 0 saturated carbocycles. The lowest BCUT2D eigenvalue weighted by atomic mass is 10.5. The summed E-state index contributed by atoms with van der Waals surface area (Å²) in [5, 5.41) is 0. The quantitative estimate of drug-likeness (QED) is 0.486. The molecule has 0 aliphatic carbocycles. The molecule has 2 heterocycles. The fraction of sp³-hybridized carbons (Fsp3) is 0.500. The van der Waals surface area contributed by atoms with E-state index in [0.29, 0.717) is 0 Å². The van der Waals surface area contributed by atoms with E-state index >= 15 is 0 Å². The molecule has 0 aromatic carbocycles. The van der Waals surface area contributed by atoms with E-state index in [2.05, 4.69) is 4.74 Å². The summed E-state index contributed by atoms with van der Waals surface area (Å²) >= 11 is 0. The van der Waals surface area contributed by atoms with Crippen molar-refractivity contribution >= 4 is 13.8 Å². The van der Waals surface area contributed by atoms with Crippen molar-refractivity contribution in [1.82, 2.24) is 0 Å². The van der Waals surface area contributed by atoms with Gasteiger partial charge in [-0.2, -0.15) is 0 Å². The Labute approximate surface area is 74.0 Å². The largest absolute Gasteiger partial charge is 0.478 e. The zero-order chi connectivity index (χ0) is 9.31. The maximum Gasteiger partial charge on any atom is 0.478 e. The highest BCUT2D eigenvalue weighted by Crippen LogP contribution is 2.54. The molecule has 13 heavy (non-hydrogen) atoms. The van der Waals surface area contributed by atoms with Crippen molar-refractivity contribution in [2.24, 2.45) is 0 Å². The van der Waals surface area contributed by atoms with Crippen molar-refractivity contribution < 1.29 is 27.7 Å². The number of cyclic esters (lactones) is 1. The Kier molecular flexibility index (Phi) is 2.21. The van der Waals surface area contributed by atoms with Crippen LogP contribution in [-0.4, -0.2) is 25.5 Å². The van der Waals surface area contributed by atoms with Crippen LogP contribution in [0.5, 0.6) is 0 Å². The molecule has 2 aliphatic rings. The summed E-state index contributed by atoms with van der Waals surface area (Å²) in [6.45, 7) is 0.448. The normalized spacial score (nSPS) is 30.8. The third-order valence-electron chi connectivity index (χ3n) is 1.44. The Morgan fingerprint density at radius 1 is 1.46 bits per heavy atom. The molecule has 0 aromatic rings. The molecule has 72 valence electrons. The first-order chi connectivity index (χ1) is 6.18. The van der Waals surface area contributed by atoms with Gasteiger partial charge >= 0.3 is 13.8 Å². The molecule has 6 nitrogen and oxygen atoms in total. The topological polar surface area (TPSA) is 71.1 Å². The first-order valence-corrected chi connectivity index (χ1v) is 5.10. The van der Waals surface area contributed by atoms with E-state index in [9.17, 15) is 9.36 Å².